The lowest BCUT2D eigenvalue weighted by Crippen LogP contribution is -2.41. The molecule has 1 unspecified atom stereocenters. The van der Waals surface area contributed by atoms with Gasteiger partial charge < -0.3 is 5.32 Å². The second-order valence-electron chi connectivity index (χ2n) is 7.28. The van der Waals surface area contributed by atoms with Crippen molar-refractivity contribution < 1.29 is 13.2 Å². The average molecular weight is 423 g/mol. The van der Waals surface area contributed by atoms with Gasteiger partial charge in [0.25, 0.3) is 10.0 Å². The van der Waals surface area contributed by atoms with E-state index in [1.807, 2.05) is 56.3 Å². The largest absolute Gasteiger partial charge is 0.354 e. The molecule has 30 heavy (non-hydrogen) atoms. The Labute approximate surface area is 178 Å². The first-order valence-corrected chi connectivity index (χ1v) is 11.3. The van der Waals surface area contributed by atoms with Crippen LogP contribution in [0.4, 0.5) is 5.69 Å². The summed E-state index contributed by atoms with van der Waals surface area (Å²) in [6.45, 7) is 4.00. The van der Waals surface area contributed by atoms with E-state index in [0.717, 1.165) is 15.4 Å². The summed E-state index contributed by atoms with van der Waals surface area (Å²) in [5.41, 5.74) is 2.40. The van der Waals surface area contributed by atoms with E-state index in [4.69, 9.17) is 0 Å². The molecule has 0 aliphatic carbocycles. The molecule has 3 aromatic rings. The first-order valence-electron chi connectivity index (χ1n) is 9.84. The van der Waals surface area contributed by atoms with E-state index in [-0.39, 0.29) is 23.3 Å². The molecule has 5 nitrogen and oxygen atoms in total. The molecule has 0 saturated heterocycles. The molecule has 0 aliphatic heterocycles. The average Bonchev–Trinajstić information content (AvgIpc) is 2.77. The maximum Gasteiger partial charge on any atom is 0.264 e. The minimum absolute atomic E-state index is 0.119. The molecule has 1 atom stereocenters. The van der Waals surface area contributed by atoms with E-state index < -0.39 is 10.0 Å². The molecule has 0 saturated carbocycles. The lowest BCUT2D eigenvalue weighted by molar-refractivity contribution is -0.119. The van der Waals surface area contributed by atoms with E-state index in [1.165, 1.54) is 0 Å². The van der Waals surface area contributed by atoms with Crippen LogP contribution >= 0.6 is 0 Å². The number of nitrogens with zero attached hydrogens (tertiary/aromatic N) is 1. The minimum atomic E-state index is -3.89. The molecule has 0 bridgehead atoms. The summed E-state index contributed by atoms with van der Waals surface area (Å²) in [6.07, 6.45) is 0. The number of nitrogens with one attached hydrogen (secondary N) is 1. The lowest BCUT2D eigenvalue weighted by Gasteiger charge is -2.24. The predicted octanol–water partition coefficient (Wildman–Crippen LogP) is 4.11. The van der Waals surface area contributed by atoms with Crippen molar-refractivity contribution in [1.82, 2.24) is 5.32 Å². The Morgan fingerprint density at radius 3 is 2.20 bits per heavy atom. The topological polar surface area (TPSA) is 66.5 Å². The Kier molecular flexibility index (Phi) is 6.90. The van der Waals surface area contributed by atoms with Crippen LogP contribution in [0, 0.1) is 6.92 Å². The molecule has 0 aromatic heterocycles. The lowest BCUT2D eigenvalue weighted by atomic mass is 10.0. The molecule has 0 fully saturated rings. The van der Waals surface area contributed by atoms with Gasteiger partial charge in [-0.2, -0.15) is 0 Å². The van der Waals surface area contributed by atoms with Crippen molar-refractivity contribution in [3.8, 4) is 0 Å². The summed E-state index contributed by atoms with van der Waals surface area (Å²) < 4.78 is 27.8. The number of amides is 1. The molecule has 1 N–H and O–H groups in total. The van der Waals surface area contributed by atoms with Crippen molar-refractivity contribution in [2.75, 3.05) is 17.4 Å². The first kappa shape index (κ1) is 21.6. The van der Waals surface area contributed by atoms with E-state index in [9.17, 15) is 13.2 Å². The van der Waals surface area contributed by atoms with Crippen LogP contribution in [0.2, 0.25) is 0 Å². The number of benzene rings is 3. The monoisotopic (exact) mass is 422 g/mol. The van der Waals surface area contributed by atoms with Crippen molar-refractivity contribution in [1.29, 1.82) is 0 Å². The highest BCUT2D eigenvalue weighted by Gasteiger charge is 2.27. The number of sulfonamides is 1. The van der Waals surface area contributed by atoms with E-state index in [2.05, 4.69) is 5.32 Å². The second kappa shape index (κ2) is 9.59. The van der Waals surface area contributed by atoms with Crippen LogP contribution in [0.3, 0.4) is 0 Å². The Bertz CT molecular complexity index is 1080. The maximum atomic E-state index is 13.3. The molecule has 1 amide bonds. The fourth-order valence-electron chi connectivity index (χ4n) is 3.17. The van der Waals surface area contributed by atoms with Crippen LogP contribution in [0.5, 0.6) is 0 Å². The first-order chi connectivity index (χ1) is 14.4. The fourth-order valence-corrected chi connectivity index (χ4v) is 4.69. The number of carbonyl (C=O) groups is 1. The second-order valence-corrected chi connectivity index (χ2v) is 9.14. The molecule has 0 aliphatic rings. The Morgan fingerprint density at radius 1 is 0.933 bits per heavy atom. The molecule has 6 heteroatoms. The summed E-state index contributed by atoms with van der Waals surface area (Å²) in [7, 11) is -3.89. The highest BCUT2D eigenvalue weighted by Crippen LogP contribution is 2.24. The van der Waals surface area contributed by atoms with Crippen molar-refractivity contribution >= 4 is 21.6 Å². The highest BCUT2D eigenvalue weighted by molar-refractivity contribution is 7.92. The quantitative estimate of drug-likeness (QED) is 0.594. The zero-order valence-electron chi connectivity index (χ0n) is 17.2. The number of rotatable bonds is 8. The third kappa shape index (κ3) is 5.27. The minimum Gasteiger partial charge on any atom is -0.354 e. The number of para-hydroxylation sites is 1. The van der Waals surface area contributed by atoms with Gasteiger partial charge in [-0.15, -0.1) is 0 Å². The van der Waals surface area contributed by atoms with Gasteiger partial charge in [0.1, 0.15) is 6.54 Å². The predicted molar refractivity (Wildman–Crippen MR) is 120 cm³/mol. The molecule has 3 aromatic carbocycles. The van der Waals surface area contributed by atoms with Crippen molar-refractivity contribution in [2.24, 2.45) is 0 Å². The van der Waals surface area contributed by atoms with Gasteiger partial charge in [0.2, 0.25) is 5.91 Å². The molecule has 0 radical (unpaired) electrons. The third-order valence-corrected chi connectivity index (χ3v) is 6.65. The smallest absolute Gasteiger partial charge is 0.264 e. The van der Waals surface area contributed by atoms with Crippen molar-refractivity contribution in [3.63, 3.8) is 0 Å². The highest BCUT2D eigenvalue weighted by atomic mass is 32.2. The molecule has 3 rings (SSSR count). The van der Waals surface area contributed by atoms with Gasteiger partial charge >= 0.3 is 0 Å². The number of hydrogen-bond donors (Lipinski definition) is 1. The summed E-state index contributed by atoms with van der Waals surface area (Å²) in [4.78, 5) is 12.9. The fraction of sp³-hybridized carbons (Fsp3) is 0.208. The van der Waals surface area contributed by atoms with Gasteiger partial charge in [0.15, 0.2) is 0 Å². The van der Waals surface area contributed by atoms with Gasteiger partial charge in [-0.1, -0.05) is 67.6 Å². The zero-order chi connectivity index (χ0) is 21.6. The van der Waals surface area contributed by atoms with Crippen LogP contribution in [0.15, 0.2) is 89.8 Å². The van der Waals surface area contributed by atoms with Crippen LogP contribution in [-0.2, 0) is 14.8 Å². The molecular weight excluding hydrogens is 396 g/mol. The summed E-state index contributed by atoms with van der Waals surface area (Å²) >= 11 is 0. The van der Waals surface area contributed by atoms with Gasteiger partial charge in [0, 0.05) is 6.54 Å². The SMILES string of the molecule is Cc1cccc(S(=O)(=O)N(CC(=O)NCC(C)c2ccccc2)c2ccccc2)c1. The zero-order valence-corrected chi connectivity index (χ0v) is 18.0. The van der Waals surface area contributed by atoms with E-state index in [1.54, 1.807) is 42.5 Å². The van der Waals surface area contributed by atoms with Crippen molar-refractivity contribution in [3.05, 3.63) is 96.1 Å². The number of anilines is 1. The molecule has 0 heterocycles. The van der Waals surface area contributed by atoms with Gasteiger partial charge in [-0.05, 0) is 48.2 Å². The summed E-state index contributed by atoms with van der Waals surface area (Å²) in [5.74, 6) is -0.230. The third-order valence-electron chi connectivity index (χ3n) is 4.88. The normalized spacial score (nSPS) is 12.2. The molecule has 156 valence electrons. The Balaban J connectivity index is 1.79. The Morgan fingerprint density at radius 2 is 1.57 bits per heavy atom. The van der Waals surface area contributed by atoms with Crippen molar-refractivity contribution in [2.45, 2.75) is 24.7 Å². The maximum absolute atomic E-state index is 13.3. The van der Waals surface area contributed by atoms with Crippen LogP contribution in [0.1, 0.15) is 24.0 Å². The van der Waals surface area contributed by atoms with Gasteiger partial charge in [-0.25, -0.2) is 8.42 Å². The number of carbonyl (C=O) groups excluding carboxylic acids is 1. The van der Waals surface area contributed by atoms with Gasteiger partial charge in [-0.3, -0.25) is 9.10 Å². The summed E-state index contributed by atoms with van der Waals surface area (Å²) in [6, 6.07) is 25.3. The Hall–Kier alpha value is -3.12. The van der Waals surface area contributed by atoms with Crippen LogP contribution in [-0.4, -0.2) is 27.4 Å². The summed E-state index contributed by atoms with van der Waals surface area (Å²) in [5, 5.41) is 2.87. The number of aryl methyl sites for hydroxylation is 1. The van der Waals surface area contributed by atoms with E-state index in [0.29, 0.717) is 12.2 Å². The van der Waals surface area contributed by atoms with Crippen LogP contribution in [0.25, 0.3) is 0 Å². The van der Waals surface area contributed by atoms with Crippen LogP contribution < -0.4 is 9.62 Å². The standard InChI is InChI=1S/C24H26N2O3S/c1-19-10-9-15-23(16-19)30(28,29)26(22-13-7-4-8-14-22)18-24(27)25-17-20(2)21-11-5-3-6-12-21/h3-16,20H,17-18H2,1-2H3,(H,25,27). The molecular formula is C24H26N2O3S. The molecule has 0 spiro atoms. The number of hydrogen-bond acceptors (Lipinski definition) is 3. The van der Waals surface area contributed by atoms with Gasteiger partial charge in [0.05, 0.1) is 10.6 Å². The van der Waals surface area contributed by atoms with E-state index >= 15 is 0 Å².